The average molecular weight is 276 g/mol. The summed E-state index contributed by atoms with van der Waals surface area (Å²) in [5.74, 6) is -0.119. The lowest BCUT2D eigenvalue weighted by atomic mass is 10.1. The monoisotopic (exact) mass is 276 g/mol. The number of hydrogen-bond acceptors (Lipinski definition) is 6. The number of aryl methyl sites for hydroxylation is 2. The van der Waals surface area contributed by atoms with Gasteiger partial charge in [0.05, 0.1) is 4.92 Å². The summed E-state index contributed by atoms with van der Waals surface area (Å²) < 4.78 is 0. The van der Waals surface area contributed by atoms with Gasteiger partial charge in [0.15, 0.2) is 5.03 Å². The van der Waals surface area contributed by atoms with Crippen molar-refractivity contribution in [1.29, 1.82) is 0 Å². The Morgan fingerprint density at radius 3 is 2.63 bits per heavy atom. The second kappa shape index (κ2) is 5.23. The summed E-state index contributed by atoms with van der Waals surface area (Å²) in [7, 11) is 0. The highest BCUT2D eigenvalue weighted by Gasteiger charge is 2.21. The summed E-state index contributed by atoms with van der Waals surface area (Å²) in [6, 6.07) is 5.82. The van der Waals surface area contributed by atoms with Crippen molar-refractivity contribution in [2.75, 3.05) is 5.73 Å². The normalized spacial score (nSPS) is 10.4. The third-order valence-electron chi connectivity index (χ3n) is 2.69. The summed E-state index contributed by atoms with van der Waals surface area (Å²) in [6.07, 6.45) is 1.23. The molecule has 0 radical (unpaired) electrons. The number of aromatic nitrogens is 2. The molecular formula is C12H12N4O2S. The number of nitrogen functional groups attached to an aromatic ring is 1. The molecule has 0 aliphatic carbocycles. The summed E-state index contributed by atoms with van der Waals surface area (Å²) in [5.41, 5.74) is 7.57. The largest absolute Gasteiger partial charge is 0.378 e. The van der Waals surface area contributed by atoms with Crippen LogP contribution in [0.4, 0.5) is 11.5 Å². The van der Waals surface area contributed by atoms with E-state index in [9.17, 15) is 10.1 Å². The lowest BCUT2D eigenvalue weighted by molar-refractivity contribution is -0.387. The molecule has 0 fully saturated rings. The quantitative estimate of drug-likeness (QED) is 0.526. The van der Waals surface area contributed by atoms with Crippen molar-refractivity contribution in [1.82, 2.24) is 9.97 Å². The van der Waals surface area contributed by atoms with Gasteiger partial charge in [0.1, 0.15) is 6.33 Å². The molecule has 2 aromatic rings. The first-order valence-electron chi connectivity index (χ1n) is 5.49. The van der Waals surface area contributed by atoms with Gasteiger partial charge in [-0.3, -0.25) is 10.1 Å². The molecular weight excluding hydrogens is 264 g/mol. The summed E-state index contributed by atoms with van der Waals surface area (Å²) in [4.78, 5) is 18.9. The van der Waals surface area contributed by atoms with Gasteiger partial charge in [-0.25, -0.2) is 9.97 Å². The molecule has 1 aromatic carbocycles. The lowest BCUT2D eigenvalue weighted by Gasteiger charge is -2.05. The zero-order valence-electron chi connectivity index (χ0n) is 10.5. The summed E-state index contributed by atoms with van der Waals surface area (Å²) >= 11 is 1.21. The first-order valence-corrected chi connectivity index (χ1v) is 6.30. The molecule has 0 aliphatic rings. The zero-order valence-corrected chi connectivity index (χ0v) is 11.3. The van der Waals surface area contributed by atoms with Gasteiger partial charge in [-0.05, 0) is 37.1 Å². The second-order valence-electron chi connectivity index (χ2n) is 4.02. The van der Waals surface area contributed by atoms with Crippen LogP contribution in [0.5, 0.6) is 0 Å². The van der Waals surface area contributed by atoms with Gasteiger partial charge in [0.2, 0.25) is 5.82 Å². The smallest absolute Gasteiger partial charge is 0.343 e. The van der Waals surface area contributed by atoms with Crippen LogP contribution in [0.1, 0.15) is 11.1 Å². The molecule has 19 heavy (non-hydrogen) atoms. The van der Waals surface area contributed by atoms with Gasteiger partial charge in [0.25, 0.3) is 0 Å². The highest BCUT2D eigenvalue weighted by Crippen LogP contribution is 2.35. The number of benzene rings is 1. The molecule has 0 atom stereocenters. The molecule has 0 amide bonds. The lowest BCUT2D eigenvalue weighted by Crippen LogP contribution is -2.01. The SMILES string of the molecule is Cc1ccc(Sc2ncnc(N)c2[N+](=O)[O-])cc1C. The minimum absolute atomic E-state index is 0.119. The van der Waals surface area contributed by atoms with Gasteiger partial charge in [0, 0.05) is 4.90 Å². The van der Waals surface area contributed by atoms with E-state index in [1.54, 1.807) is 0 Å². The van der Waals surface area contributed by atoms with E-state index in [0.29, 0.717) is 0 Å². The van der Waals surface area contributed by atoms with Crippen molar-refractivity contribution in [3.05, 3.63) is 45.8 Å². The molecule has 98 valence electrons. The van der Waals surface area contributed by atoms with Crippen LogP contribution in [0.2, 0.25) is 0 Å². The van der Waals surface area contributed by atoms with Gasteiger partial charge in [-0.1, -0.05) is 17.8 Å². The van der Waals surface area contributed by atoms with Gasteiger partial charge >= 0.3 is 5.69 Å². The van der Waals surface area contributed by atoms with Crippen molar-refractivity contribution >= 4 is 23.3 Å². The Kier molecular flexibility index (Phi) is 3.66. The van der Waals surface area contributed by atoms with E-state index in [0.717, 1.165) is 10.5 Å². The number of anilines is 1. The molecule has 1 heterocycles. The fraction of sp³-hybridized carbons (Fsp3) is 0.167. The van der Waals surface area contributed by atoms with E-state index < -0.39 is 4.92 Å². The van der Waals surface area contributed by atoms with Crippen molar-refractivity contribution in [3.8, 4) is 0 Å². The van der Waals surface area contributed by atoms with Gasteiger partial charge < -0.3 is 5.73 Å². The molecule has 0 saturated carbocycles. The fourth-order valence-electron chi connectivity index (χ4n) is 1.51. The molecule has 0 saturated heterocycles. The van der Waals surface area contributed by atoms with Gasteiger partial charge in [-0.2, -0.15) is 0 Å². The molecule has 1 aromatic heterocycles. The molecule has 2 N–H and O–H groups in total. The zero-order chi connectivity index (χ0) is 14.0. The fourth-order valence-corrected chi connectivity index (χ4v) is 2.48. The Bertz CT molecular complexity index is 646. The Labute approximate surface area is 114 Å². The highest BCUT2D eigenvalue weighted by molar-refractivity contribution is 7.99. The van der Waals surface area contributed by atoms with E-state index >= 15 is 0 Å². The second-order valence-corrected chi connectivity index (χ2v) is 5.08. The Morgan fingerprint density at radius 2 is 2.00 bits per heavy atom. The maximum absolute atomic E-state index is 11.0. The molecule has 2 rings (SSSR count). The number of hydrogen-bond donors (Lipinski definition) is 1. The number of nitrogens with zero attached hydrogens (tertiary/aromatic N) is 3. The van der Waals surface area contributed by atoms with E-state index in [1.165, 1.54) is 23.7 Å². The first-order chi connectivity index (χ1) is 8.99. The first kappa shape index (κ1) is 13.3. The van der Waals surface area contributed by atoms with Crippen molar-refractivity contribution < 1.29 is 4.92 Å². The highest BCUT2D eigenvalue weighted by atomic mass is 32.2. The Morgan fingerprint density at radius 1 is 1.26 bits per heavy atom. The number of nitrogens with two attached hydrogens (primary N) is 1. The number of nitro groups is 1. The average Bonchev–Trinajstić information content (AvgIpc) is 2.33. The predicted molar refractivity (Wildman–Crippen MR) is 73.1 cm³/mol. The van der Waals surface area contributed by atoms with Crippen molar-refractivity contribution in [3.63, 3.8) is 0 Å². The Hall–Kier alpha value is -2.15. The van der Waals surface area contributed by atoms with Crippen molar-refractivity contribution in [2.24, 2.45) is 0 Å². The van der Waals surface area contributed by atoms with Crippen LogP contribution in [-0.2, 0) is 0 Å². The Balaban J connectivity index is 2.40. The third kappa shape index (κ3) is 2.82. The summed E-state index contributed by atoms with van der Waals surface area (Å²) in [5, 5.41) is 11.2. The van der Waals surface area contributed by atoms with E-state index in [2.05, 4.69) is 9.97 Å². The van der Waals surface area contributed by atoms with E-state index in [-0.39, 0.29) is 16.5 Å². The predicted octanol–water partition coefficient (Wildman–Crippen LogP) is 2.74. The van der Waals surface area contributed by atoms with Crippen LogP contribution in [0.3, 0.4) is 0 Å². The molecule has 7 heteroatoms. The minimum Gasteiger partial charge on any atom is -0.378 e. The van der Waals surface area contributed by atoms with Crippen LogP contribution in [0.25, 0.3) is 0 Å². The van der Waals surface area contributed by atoms with Crippen LogP contribution in [-0.4, -0.2) is 14.9 Å². The van der Waals surface area contributed by atoms with Gasteiger partial charge in [-0.15, -0.1) is 0 Å². The third-order valence-corrected chi connectivity index (χ3v) is 3.67. The van der Waals surface area contributed by atoms with Crippen LogP contribution in [0, 0.1) is 24.0 Å². The molecule has 0 bridgehead atoms. The maximum atomic E-state index is 11.0. The molecule has 6 nitrogen and oxygen atoms in total. The maximum Gasteiger partial charge on any atom is 0.343 e. The van der Waals surface area contributed by atoms with Crippen molar-refractivity contribution in [2.45, 2.75) is 23.8 Å². The summed E-state index contributed by atoms with van der Waals surface area (Å²) in [6.45, 7) is 4.00. The van der Waals surface area contributed by atoms with Crippen LogP contribution >= 0.6 is 11.8 Å². The number of rotatable bonds is 3. The van der Waals surface area contributed by atoms with Crippen LogP contribution in [0.15, 0.2) is 34.4 Å². The topological polar surface area (TPSA) is 94.9 Å². The van der Waals surface area contributed by atoms with E-state index in [4.69, 9.17) is 5.73 Å². The van der Waals surface area contributed by atoms with E-state index in [1.807, 2.05) is 32.0 Å². The molecule has 0 spiro atoms. The van der Waals surface area contributed by atoms with Crippen LogP contribution < -0.4 is 5.73 Å². The standard InChI is InChI=1S/C12H12N4O2S/c1-7-3-4-9(5-8(7)2)19-12-10(16(17)18)11(13)14-6-15-12/h3-6H,1-2H3,(H2,13,14,15). The molecule has 0 aliphatic heterocycles. The molecule has 0 unspecified atom stereocenters. The minimum atomic E-state index is -0.557.